The highest BCUT2D eigenvalue weighted by Crippen LogP contribution is 2.28. The maximum Gasteiger partial charge on any atom is 0.411 e. The van der Waals surface area contributed by atoms with E-state index in [-0.39, 0.29) is 11.5 Å². The van der Waals surface area contributed by atoms with Gasteiger partial charge in [-0.3, -0.25) is 10.1 Å². The Balaban J connectivity index is 2.97. The molecule has 0 aromatic rings. The first-order chi connectivity index (χ1) is 9.62. The molecule has 0 bridgehead atoms. The quantitative estimate of drug-likeness (QED) is 0.600. The van der Waals surface area contributed by atoms with Gasteiger partial charge in [-0.2, -0.15) is 5.26 Å². The van der Waals surface area contributed by atoms with Crippen LogP contribution in [0.25, 0.3) is 0 Å². The second kappa shape index (κ2) is 6.44. The fraction of sp³-hybridized carbons (Fsp3) is 0.533. The van der Waals surface area contributed by atoms with Crippen LogP contribution in [0.1, 0.15) is 40.5 Å². The molecule has 0 fully saturated rings. The molecule has 0 saturated heterocycles. The lowest BCUT2D eigenvalue weighted by Gasteiger charge is -2.24. The maximum atomic E-state index is 11.8. The number of nitrogens with two attached hydrogens (primary N) is 1. The van der Waals surface area contributed by atoms with Gasteiger partial charge in [0, 0.05) is 5.70 Å². The summed E-state index contributed by atoms with van der Waals surface area (Å²) in [6.07, 6.45) is 2.29. The second-order valence-corrected chi connectivity index (χ2v) is 6.19. The summed E-state index contributed by atoms with van der Waals surface area (Å²) in [7, 11) is 0. The highest BCUT2D eigenvalue weighted by atomic mass is 16.6. The molecule has 1 aliphatic carbocycles. The molecule has 1 aliphatic rings. The predicted molar refractivity (Wildman–Crippen MR) is 77.7 cm³/mol. The van der Waals surface area contributed by atoms with E-state index in [0.29, 0.717) is 24.1 Å². The van der Waals surface area contributed by atoms with Gasteiger partial charge in [-0.25, -0.2) is 4.79 Å². The van der Waals surface area contributed by atoms with Crippen LogP contribution in [0.15, 0.2) is 22.9 Å². The molecule has 3 N–H and O–H groups in total. The summed E-state index contributed by atoms with van der Waals surface area (Å²) in [5, 5.41) is 11.7. The van der Waals surface area contributed by atoms with Crippen molar-refractivity contribution in [2.75, 3.05) is 0 Å². The molecule has 0 aliphatic heterocycles. The number of hydrogen-bond acceptors (Lipinski definition) is 4. The van der Waals surface area contributed by atoms with Crippen molar-refractivity contribution >= 4 is 12.0 Å². The van der Waals surface area contributed by atoms with Crippen LogP contribution >= 0.6 is 0 Å². The lowest BCUT2D eigenvalue weighted by atomic mass is 9.87. The molecule has 21 heavy (non-hydrogen) atoms. The molecule has 6 heteroatoms. The smallest absolute Gasteiger partial charge is 0.411 e. The number of amides is 2. The number of ether oxygens (including phenoxy) is 1. The SMILES string of the molecule is CC1CC(NC(=O)OC(C)(C)C)=C/C(=C(/C#N)C(N)=O)C1. The number of nitrogens with zero attached hydrogens (tertiary/aromatic N) is 1. The third-order valence-corrected chi connectivity index (χ3v) is 2.83. The van der Waals surface area contributed by atoms with Gasteiger partial charge in [-0.15, -0.1) is 0 Å². The minimum absolute atomic E-state index is 0.0648. The Bertz CT molecular complexity index is 547. The Morgan fingerprint density at radius 3 is 2.52 bits per heavy atom. The Morgan fingerprint density at radius 2 is 2.05 bits per heavy atom. The van der Waals surface area contributed by atoms with E-state index in [4.69, 9.17) is 15.7 Å². The van der Waals surface area contributed by atoms with Gasteiger partial charge in [0.1, 0.15) is 17.2 Å². The zero-order valence-corrected chi connectivity index (χ0v) is 12.8. The molecule has 0 radical (unpaired) electrons. The van der Waals surface area contributed by atoms with Crippen LogP contribution in [0.4, 0.5) is 4.79 Å². The number of allylic oxidation sites excluding steroid dienone is 3. The zero-order valence-electron chi connectivity index (χ0n) is 12.8. The van der Waals surface area contributed by atoms with Crippen molar-refractivity contribution in [1.82, 2.24) is 5.32 Å². The van der Waals surface area contributed by atoms with Crippen LogP contribution in [0.5, 0.6) is 0 Å². The molecule has 1 atom stereocenters. The molecule has 0 saturated carbocycles. The second-order valence-electron chi connectivity index (χ2n) is 6.19. The van der Waals surface area contributed by atoms with Gasteiger partial charge in [0.25, 0.3) is 5.91 Å². The number of alkyl carbamates (subject to hydrolysis) is 1. The lowest BCUT2D eigenvalue weighted by molar-refractivity contribution is -0.114. The van der Waals surface area contributed by atoms with E-state index in [2.05, 4.69) is 5.32 Å². The van der Waals surface area contributed by atoms with Crippen LogP contribution in [-0.4, -0.2) is 17.6 Å². The summed E-state index contributed by atoms with van der Waals surface area (Å²) in [5.41, 5.74) is 5.71. The van der Waals surface area contributed by atoms with E-state index in [1.165, 1.54) is 0 Å². The number of nitriles is 1. The molecule has 0 aromatic carbocycles. The molecular formula is C15H21N3O3. The third-order valence-electron chi connectivity index (χ3n) is 2.83. The van der Waals surface area contributed by atoms with Gasteiger partial charge < -0.3 is 10.5 Å². The van der Waals surface area contributed by atoms with Gasteiger partial charge in [0.15, 0.2) is 0 Å². The predicted octanol–water partition coefficient (Wildman–Crippen LogP) is 2.13. The van der Waals surface area contributed by atoms with Crippen molar-refractivity contribution in [2.45, 2.75) is 46.1 Å². The average Bonchev–Trinajstić information content (AvgIpc) is 2.25. The summed E-state index contributed by atoms with van der Waals surface area (Å²) in [6, 6.07) is 1.82. The van der Waals surface area contributed by atoms with Gasteiger partial charge >= 0.3 is 6.09 Å². The Labute approximate surface area is 124 Å². The van der Waals surface area contributed by atoms with Gasteiger partial charge in [0.05, 0.1) is 0 Å². The van der Waals surface area contributed by atoms with Gasteiger partial charge in [-0.05, 0) is 51.2 Å². The highest BCUT2D eigenvalue weighted by Gasteiger charge is 2.22. The lowest BCUT2D eigenvalue weighted by Crippen LogP contribution is -2.33. The van der Waals surface area contributed by atoms with Crippen LogP contribution < -0.4 is 11.1 Å². The van der Waals surface area contributed by atoms with E-state index in [9.17, 15) is 9.59 Å². The van der Waals surface area contributed by atoms with E-state index < -0.39 is 17.6 Å². The molecule has 0 spiro atoms. The van der Waals surface area contributed by atoms with Gasteiger partial charge in [0.2, 0.25) is 0 Å². The molecule has 6 nitrogen and oxygen atoms in total. The van der Waals surface area contributed by atoms with Crippen molar-refractivity contribution in [3.05, 3.63) is 22.9 Å². The van der Waals surface area contributed by atoms with Crippen molar-refractivity contribution in [3.63, 3.8) is 0 Å². The molecule has 0 aromatic heterocycles. The van der Waals surface area contributed by atoms with E-state index in [1.54, 1.807) is 26.8 Å². The maximum absolute atomic E-state index is 11.8. The van der Waals surface area contributed by atoms with E-state index in [1.807, 2.05) is 13.0 Å². The number of carbonyl (C=O) groups excluding carboxylic acids is 2. The molecular weight excluding hydrogens is 270 g/mol. The minimum atomic E-state index is -0.755. The van der Waals surface area contributed by atoms with E-state index in [0.717, 1.165) is 0 Å². The standard InChI is InChI=1S/C15H21N3O3/c1-9-5-10(12(8-16)13(17)19)7-11(6-9)18-14(20)21-15(2,3)4/h7,9H,5-6H2,1-4H3,(H2,17,19)(H,18,20)/b12-10-. The molecule has 1 unspecified atom stereocenters. The van der Waals surface area contributed by atoms with Crippen LogP contribution in [0, 0.1) is 17.2 Å². The van der Waals surface area contributed by atoms with Crippen LogP contribution in [0.3, 0.4) is 0 Å². The summed E-state index contributed by atoms with van der Waals surface area (Å²) in [5.74, 6) is -0.563. The third kappa shape index (κ3) is 5.30. The molecule has 1 rings (SSSR count). The first-order valence-corrected chi connectivity index (χ1v) is 6.76. The summed E-state index contributed by atoms with van der Waals surface area (Å²) >= 11 is 0. The Kier molecular flexibility index (Phi) is 5.14. The summed E-state index contributed by atoms with van der Waals surface area (Å²) in [6.45, 7) is 7.30. The summed E-state index contributed by atoms with van der Waals surface area (Å²) < 4.78 is 5.18. The minimum Gasteiger partial charge on any atom is -0.444 e. The van der Waals surface area contributed by atoms with Crippen molar-refractivity contribution < 1.29 is 14.3 Å². The average molecular weight is 291 g/mol. The molecule has 0 heterocycles. The summed E-state index contributed by atoms with van der Waals surface area (Å²) in [4.78, 5) is 23.0. The Hall–Kier alpha value is -2.29. The number of nitrogens with one attached hydrogen (secondary N) is 1. The molecule has 114 valence electrons. The monoisotopic (exact) mass is 291 g/mol. The fourth-order valence-corrected chi connectivity index (χ4v) is 2.13. The topological polar surface area (TPSA) is 105 Å². The number of hydrogen-bond donors (Lipinski definition) is 2. The van der Waals surface area contributed by atoms with Crippen LogP contribution in [-0.2, 0) is 9.53 Å². The highest BCUT2D eigenvalue weighted by molar-refractivity contribution is 5.97. The van der Waals surface area contributed by atoms with Crippen molar-refractivity contribution in [1.29, 1.82) is 5.26 Å². The van der Waals surface area contributed by atoms with Crippen LogP contribution in [0.2, 0.25) is 0 Å². The zero-order chi connectivity index (χ0) is 16.2. The normalized spacial score (nSPS) is 20.9. The van der Waals surface area contributed by atoms with Crippen molar-refractivity contribution in [2.24, 2.45) is 11.7 Å². The number of rotatable bonds is 2. The first-order valence-electron chi connectivity index (χ1n) is 6.76. The number of primary amides is 1. The van der Waals surface area contributed by atoms with Crippen molar-refractivity contribution in [3.8, 4) is 6.07 Å². The fourth-order valence-electron chi connectivity index (χ4n) is 2.13. The van der Waals surface area contributed by atoms with E-state index >= 15 is 0 Å². The molecule has 2 amide bonds. The largest absolute Gasteiger partial charge is 0.444 e. The first kappa shape index (κ1) is 16.8. The van der Waals surface area contributed by atoms with Gasteiger partial charge in [-0.1, -0.05) is 6.92 Å². The Morgan fingerprint density at radius 1 is 1.43 bits per heavy atom. The number of carbonyl (C=O) groups is 2.